The molecule has 2 aromatic carbocycles. The zero-order chi connectivity index (χ0) is 19.7. The van der Waals surface area contributed by atoms with Gasteiger partial charge in [-0.2, -0.15) is 0 Å². The van der Waals surface area contributed by atoms with E-state index in [0.29, 0.717) is 25.4 Å². The Labute approximate surface area is 166 Å². The van der Waals surface area contributed by atoms with E-state index in [-0.39, 0.29) is 17.5 Å². The lowest BCUT2D eigenvalue weighted by Crippen LogP contribution is -2.54. The van der Waals surface area contributed by atoms with Crippen LogP contribution in [0.5, 0.6) is 11.5 Å². The molecule has 2 aromatic rings. The van der Waals surface area contributed by atoms with Gasteiger partial charge in [-0.05, 0) is 48.6 Å². The minimum atomic E-state index is -0.328. The molecule has 0 spiro atoms. The fourth-order valence-corrected chi connectivity index (χ4v) is 4.69. The Morgan fingerprint density at radius 3 is 2.54 bits per heavy atom. The van der Waals surface area contributed by atoms with Crippen LogP contribution in [0, 0.1) is 0 Å². The van der Waals surface area contributed by atoms with E-state index in [2.05, 4.69) is 25.1 Å². The summed E-state index contributed by atoms with van der Waals surface area (Å²) in [5.74, 6) is 1.64. The largest absolute Gasteiger partial charge is 0.493 e. The fourth-order valence-electron chi connectivity index (χ4n) is 4.69. The van der Waals surface area contributed by atoms with E-state index in [0.717, 1.165) is 29.7 Å². The minimum absolute atomic E-state index is 0.0225. The van der Waals surface area contributed by atoms with Crippen LogP contribution in [-0.2, 0) is 28.1 Å². The van der Waals surface area contributed by atoms with E-state index >= 15 is 0 Å². The standard InChI is InChI=1S/C23H27NO4/c1-23-10-9-22(25)24(23)18(15-28-14-16-7-5-4-6-8-16)11-17-12-20(26-2)21(27-3)13-19(17)23/h4-8,12-13,18H,9-11,14-15H2,1-3H3/t18-,23+/m0/s1. The van der Waals surface area contributed by atoms with E-state index in [1.54, 1.807) is 14.2 Å². The Kier molecular flexibility index (Phi) is 5.02. The first-order chi connectivity index (χ1) is 13.6. The van der Waals surface area contributed by atoms with Gasteiger partial charge < -0.3 is 19.1 Å². The zero-order valence-corrected chi connectivity index (χ0v) is 16.7. The molecule has 2 aliphatic heterocycles. The summed E-state index contributed by atoms with van der Waals surface area (Å²) in [7, 11) is 3.30. The molecule has 148 valence electrons. The molecule has 4 rings (SSSR count). The summed E-state index contributed by atoms with van der Waals surface area (Å²) in [5.41, 5.74) is 3.18. The van der Waals surface area contributed by atoms with Gasteiger partial charge in [-0.15, -0.1) is 0 Å². The molecule has 0 aliphatic carbocycles. The van der Waals surface area contributed by atoms with Crippen molar-refractivity contribution in [2.45, 2.75) is 44.4 Å². The Morgan fingerprint density at radius 2 is 1.82 bits per heavy atom. The number of hydrogen-bond donors (Lipinski definition) is 0. The molecule has 28 heavy (non-hydrogen) atoms. The first-order valence-corrected chi connectivity index (χ1v) is 9.76. The second-order valence-corrected chi connectivity index (χ2v) is 7.76. The Hall–Kier alpha value is -2.53. The minimum Gasteiger partial charge on any atom is -0.493 e. The van der Waals surface area contributed by atoms with Gasteiger partial charge in [0, 0.05) is 6.42 Å². The van der Waals surface area contributed by atoms with Crippen LogP contribution in [0.1, 0.15) is 36.5 Å². The fraction of sp³-hybridized carbons (Fsp3) is 0.435. The van der Waals surface area contributed by atoms with Crippen LogP contribution in [0.3, 0.4) is 0 Å². The van der Waals surface area contributed by atoms with E-state index in [1.807, 2.05) is 29.2 Å². The second-order valence-electron chi connectivity index (χ2n) is 7.76. The van der Waals surface area contributed by atoms with Gasteiger partial charge in [-0.3, -0.25) is 4.79 Å². The monoisotopic (exact) mass is 381 g/mol. The van der Waals surface area contributed by atoms with Crippen LogP contribution in [0.15, 0.2) is 42.5 Å². The summed E-state index contributed by atoms with van der Waals surface area (Å²) in [6.07, 6.45) is 2.13. The number of carbonyl (C=O) groups is 1. The average molecular weight is 381 g/mol. The zero-order valence-electron chi connectivity index (χ0n) is 16.7. The predicted molar refractivity (Wildman–Crippen MR) is 107 cm³/mol. The maximum Gasteiger partial charge on any atom is 0.223 e. The molecule has 0 aromatic heterocycles. The van der Waals surface area contributed by atoms with Crippen LogP contribution in [0.25, 0.3) is 0 Å². The van der Waals surface area contributed by atoms with Crippen LogP contribution in [-0.4, -0.2) is 37.7 Å². The van der Waals surface area contributed by atoms with Crippen molar-refractivity contribution >= 4 is 5.91 Å². The third-order valence-corrected chi connectivity index (χ3v) is 6.06. The number of ether oxygens (including phenoxy) is 3. The molecule has 0 radical (unpaired) electrons. The summed E-state index contributed by atoms with van der Waals surface area (Å²) in [6.45, 7) is 3.23. The van der Waals surface area contributed by atoms with Gasteiger partial charge in [0.05, 0.1) is 39.0 Å². The third kappa shape index (κ3) is 3.14. The summed E-state index contributed by atoms with van der Waals surface area (Å²) < 4.78 is 17.0. The van der Waals surface area contributed by atoms with Crippen LogP contribution in [0.4, 0.5) is 0 Å². The second kappa shape index (κ2) is 7.47. The lowest BCUT2D eigenvalue weighted by atomic mass is 9.79. The Bertz CT molecular complexity index is 866. The molecule has 2 atom stereocenters. The predicted octanol–water partition coefficient (Wildman–Crippen LogP) is 3.68. The van der Waals surface area contributed by atoms with Crippen molar-refractivity contribution in [2.24, 2.45) is 0 Å². The summed E-state index contributed by atoms with van der Waals surface area (Å²) >= 11 is 0. The van der Waals surface area contributed by atoms with Gasteiger partial charge in [0.1, 0.15) is 0 Å². The van der Waals surface area contributed by atoms with Crippen LogP contribution in [0.2, 0.25) is 0 Å². The van der Waals surface area contributed by atoms with Crippen molar-refractivity contribution in [3.8, 4) is 11.5 Å². The number of amides is 1. The first-order valence-electron chi connectivity index (χ1n) is 9.76. The molecule has 2 heterocycles. The molecule has 2 aliphatic rings. The lowest BCUT2D eigenvalue weighted by molar-refractivity contribution is -0.136. The van der Waals surface area contributed by atoms with Gasteiger partial charge in [0.15, 0.2) is 11.5 Å². The molecule has 0 N–H and O–H groups in total. The number of methoxy groups -OCH3 is 2. The number of carbonyl (C=O) groups excluding carboxylic acids is 1. The van der Waals surface area contributed by atoms with Crippen molar-refractivity contribution in [3.63, 3.8) is 0 Å². The van der Waals surface area contributed by atoms with Crippen molar-refractivity contribution in [1.29, 1.82) is 0 Å². The molecular weight excluding hydrogens is 354 g/mol. The van der Waals surface area contributed by atoms with Crippen LogP contribution >= 0.6 is 0 Å². The van der Waals surface area contributed by atoms with E-state index in [4.69, 9.17) is 14.2 Å². The number of fused-ring (bicyclic) bond motifs is 3. The molecule has 5 heteroatoms. The molecule has 0 bridgehead atoms. The van der Waals surface area contributed by atoms with Crippen LogP contribution < -0.4 is 9.47 Å². The lowest BCUT2D eigenvalue weighted by Gasteiger charge is -2.46. The van der Waals surface area contributed by atoms with E-state index in [1.165, 1.54) is 5.56 Å². The molecule has 5 nitrogen and oxygen atoms in total. The van der Waals surface area contributed by atoms with Crippen molar-refractivity contribution in [1.82, 2.24) is 4.90 Å². The van der Waals surface area contributed by atoms with E-state index in [9.17, 15) is 4.79 Å². The number of benzene rings is 2. The first kappa shape index (κ1) is 18.8. The molecule has 1 saturated heterocycles. The summed E-state index contributed by atoms with van der Waals surface area (Å²) in [5, 5.41) is 0. The highest BCUT2D eigenvalue weighted by molar-refractivity contribution is 5.81. The van der Waals surface area contributed by atoms with Gasteiger partial charge in [-0.1, -0.05) is 30.3 Å². The Balaban J connectivity index is 1.62. The molecular formula is C23H27NO4. The van der Waals surface area contributed by atoms with Crippen molar-refractivity contribution < 1.29 is 19.0 Å². The highest BCUT2D eigenvalue weighted by atomic mass is 16.5. The van der Waals surface area contributed by atoms with Gasteiger partial charge in [-0.25, -0.2) is 0 Å². The van der Waals surface area contributed by atoms with Gasteiger partial charge in [0.25, 0.3) is 0 Å². The highest BCUT2D eigenvalue weighted by Gasteiger charge is 2.50. The van der Waals surface area contributed by atoms with Crippen molar-refractivity contribution in [3.05, 3.63) is 59.2 Å². The van der Waals surface area contributed by atoms with Gasteiger partial charge in [0.2, 0.25) is 5.91 Å². The maximum absolute atomic E-state index is 12.8. The summed E-state index contributed by atoms with van der Waals surface area (Å²) in [6, 6.07) is 14.3. The van der Waals surface area contributed by atoms with E-state index < -0.39 is 0 Å². The summed E-state index contributed by atoms with van der Waals surface area (Å²) in [4.78, 5) is 14.8. The third-order valence-electron chi connectivity index (χ3n) is 6.06. The van der Waals surface area contributed by atoms with Crippen molar-refractivity contribution in [2.75, 3.05) is 20.8 Å². The highest BCUT2D eigenvalue weighted by Crippen LogP contribution is 2.48. The SMILES string of the molecule is COc1cc2c(cc1OC)[C@@]1(C)CCC(=O)N1[C@H](COCc1ccccc1)C2. The maximum atomic E-state index is 12.8. The number of rotatable bonds is 6. The van der Waals surface area contributed by atoms with Gasteiger partial charge >= 0.3 is 0 Å². The Morgan fingerprint density at radius 1 is 1.11 bits per heavy atom. The molecule has 1 amide bonds. The number of nitrogens with zero attached hydrogens (tertiary/aromatic N) is 1. The average Bonchev–Trinajstić information content (AvgIpc) is 3.03. The topological polar surface area (TPSA) is 48.0 Å². The quantitative estimate of drug-likeness (QED) is 0.766. The molecule has 0 saturated carbocycles. The molecule has 1 fully saturated rings. The number of hydrogen-bond acceptors (Lipinski definition) is 4. The molecule has 0 unspecified atom stereocenters. The normalized spacial score (nSPS) is 23.3. The smallest absolute Gasteiger partial charge is 0.223 e.